The summed E-state index contributed by atoms with van der Waals surface area (Å²) >= 11 is 0. The van der Waals surface area contributed by atoms with Gasteiger partial charge in [0.05, 0.1) is 54.6 Å². The number of hydrogen-bond acceptors (Lipinski definition) is 10. The molecule has 300 valence electrons. The number of carbonyl (C=O) groups excluding carboxylic acids is 4. The molecule has 16 heteroatoms. The smallest absolute Gasteiger partial charge is 0.407 e. The number of imidazole rings is 2. The molecule has 16 nitrogen and oxygen atoms in total. The van der Waals surface area contributed by atoms with Gasteiger partial charge in [-0.25, -0.2) is 19.6 Å². The van der Waals surface area contributed by atoms with Crippen LogP contribution in [0, 0.1) is 11.8 Å². The molecule has 0 unspecified atom stereocenters. The monoisotopic (exact) mass is 780 g/mol. The van der Waals surface area contributed by atoms with E-state index in [4.69, 9.17) is 18.9 Å². The number of amides is 4. The lowest BCUT2D eigenvalue weighted by Crippen LogP contribution is -2.51. The predicted molar refractivity (Wildman–Crippen MR) is 211 cm³/mol. The molecule has 2 fully saturated rings. The Morgan fingerprint density at radius 2 is 1.39 bits per heavy atom. The van der Waals surface area contributed by atoms with Gasteiger partial charge in [-0.05, 0) is 73.9 Å². The highest BCUT2D eigenvalue weighted by Crippen LogP contribution is 2.35. The van der Waals surface area contributed by atoms with E-state index in [9.17, 15) is 24.0 Å². The molecule has 0 spiro atoms. The van der Waals surface area contributed by atoms with E-state index < -0.39 is 24.3 Å². The van der Waals surface area contributed by atoms with Crippen LogP contribution in [0.4, 0.5) is 9.59 Å². The number of likely N-dealkylation sites (tertiary alicyclic amines) is 2. The van der Waals surface area contributed by atoms with E-state index >= 15 is 0 Å². The SMILES string of the molecule is COC(=O)N[C@H](C(=O)N1CCC[C@H]1c1ncc(-c2ccc3oc(-c4ccc5nc([C@@H]6CCCN6C(=O)[C@@H](NC(=O)OC)C(C)C)[nH]c5c4)cc(=O)c3c2)[nH]1)C(C)C. The van der Waals surface area contributed by atoms with Crippen LogP contribution in [0.2, 0.25) is 0 Å². The van der Waals surface area contributed by atoms with Gasteiger partial charge in [-0.2, -0.15) is 0 Å². The third-order valence-electron chi connectivity index (χ3n) is 10.9. The maximum absolute atomic E-state index is 13.6. The fraction of sp³-hybridized carbons (Fsp3) is 0.439. The Labute approximate surface area is 328 Å². The molecule has 4 amide bonds. The fourth-order valence-corrected chi connectivity index (χ4v) is 7.84. The molecule has 2 saturated heterocycles. The second-order valence-corrected chi connectivity index (χ2v) is 15.3. The number of fused-ring (bicyclic) bond motifs is 2. The van der Waals surface area contributed by atoms with Gasteiger partial charge in [-0.1, -0.05) is 27.7 Å². The second-order valence-electron chi connectivity index (χ2n) is 15.3. The summed E-state index contributed by atoms with van der Waals surface area (Å²) in [4.78, 5) is 84.4. The molecule has 0 bridgehead atoms. The van der Waals surface area contributed by atoms with Crippen molar-refractivity contribution in [3.8, 4) is 22.6 Å². The van der Waals surface area contributed by atoms with Gasteiger partial charge in [0, 0.05) is 30.3 Å². The van der Waals surface area contributed by atoms with Crippen LogP contribution >= 0.6 is 0 Å². The largest absolute Gasteiger partial charge is 0.456 e. The zero-order valence-corrected chi connectivity index (χ0v) is 32.9. The Kier molecular flexibility index (Phi) is 11.0. The van der Waals surface area contributed by atoms with E-state index in [0.29, 0.717) is 64.7 Å². The number of nitrogens with one attached hydrogen (secondary N) is 4. The number of hydrogen-bond donors (Lipinski definition) is 4. The number of nitrogens with zero attached hydrogens (tertiary/aromatic N) is 4. The maximum atomic E-state index is 13.6. The van der Waals surface area contributed by atoms with E-state index in [1.807, 2.05) is 52.0 Å². The zero-order chi connectivity index (χ0) is 40.5. The normalized spacial score (nSPS) is 18.0. The summed E-state index contributed by atoms with van der Waals surface area (Å²) in [7, 11) is 2.54. The average molecular weight is 781 g/mol. The van der Waals surface area contributed by atoms with Gasteiger partial charge in [-0.15, -0.1) is 0 Å². The van der Waals surface area contributed by atoms with Gasteiger partial charge >= 0.3 is 12.2 Å². The molecule has 4 N–H and O–H groups in total. The molecule has 5 aromatic rings. The van der Waals surface area contributed by atoms with Crippen molar-refractivity contribution in [3.05, 3.63) is 70.5 Å². The first-order valence-corrected chi connectivity index (χ1v) is 19.3. The van der Waals surface area contributed by atoms with Gasteiger partial charge in [-0.3, -0.25) is 14.4 Å². The molecule has 5 heterocycles. The first-order chi connectivity index (χ1) is 27.4. The molecule has 2 aliphatic rings. The lowest BCUT2D eigenvalue weighted by Gasteiger charge is -2.30. The van der Waals surface area contributed by atoms with Crippen LogP contribution in [-0.2, 0) is 19.1 Å². The highest BCUT2D eigenvalue weighted by molar-refractivity contribution is 5.88. The molecule has 0 radical (unpaired) electrons. The summed E-state index contributed by atoms with van der Waals surface area (Å²) in [6.45, 7) is 8.57. The van der Waals surface area contributed by atoms with Crippen LogP contribution < -0.4 is 16.1 Å². The third kappa shape index (κ3) is 7.80. The van der Waals surface area contributed by atoms with Crippen molar-refractivity contribution in [2.24, 2.45) is 11.8 Å². The van der Waals surface area contributed by atoms with Crippen molar-refractivity contribution in [1.29, 1.82) is 0 Å². The highest BCUT2D eigenvalue weighted by atomic mass is 16.5. The standard InChI is InChI=1S/C41H48N8O8/c1-21(2)34(46-40(53)55-5)38(51)48-15-7-9-29(48)36-42-20-28(45-36)23-12-14-32-25(17-23)31(50)19-33(57-32)24-11-13-26-27(18-24)44-37(43-26)30-10-8-16-49(30)39(52)35(22(3)4)47-41(54)56-6/h11-14,17-22,29-30,34-35H,7-10,15-16H2,1-6H3,(H,42,45)(H,43,44)(H,46,53)(H,47,54)/t29-,30-,34-,35-/m0/s1. The summed E-state index contributed by atoms with van der Waals surface area (Å²) in [6.07, 6.45) is 3.40. The van der Waals surface area contributed by atoms with Crippen LogP contribution in [0.1, 0.15) is 77.1 Å². The number of methoxy groups -OCH3 is 2. The Morgan fingerprint density at radius 3 is 1.98 bits per heavy atom. The van der Waals surface area contributed by atoms with Crippen LogP contribution in [0.25, 0.3) is 44.6 Å². The minimum atomic E-state index is -0.738. The molecular weight excluding hydrogens is 732 g/mol. The molecule has 0 aliphatic carbocycles. The van der Waals surface area contributed by atoms with Crippen LogP contribution in [0.5, 0.6) is 0 Å². The summed E-state index contributed by atoms with van der Waals surface area (Å²) in [5.41, 5.74) is 3.72. The maximum Gasteiger partial charge on any atom is 0.407 e. The topological polar surface area (TPSA) is 205 Å². The number of H-pyrrole nitrogens is 2. The number of aromatic amines is 2. The van der Waals surface area contributed by atoms with Crippen molar-refractivity contribution in [3.63, 3.8) is 0 Å². The molecule has 2 aromatic carbocycles. The number of alkyl carbamates (subject to hydrolysis) is 2. The van der Waals surface area contributed by atoms with Crippen LogP contribution in [0.3, 0.4) is 0 Å². The van der Waals surface area contributed by atoms with E-state index in [-0.39, 0.29) is 41.2 Å². The Morgan fingerprint density at radius 1 is 0.789 bits per heavy atom. The fourth-order valence-electron chi connectivity index (χ4n) is 7.84. The highest BCUT2D eigenvalue weighted by Gasteiger charge is 2.39. The Bertz CT molecular complexity index is 2380. The second kappa shape index (κ2) is 16.1. The van der Waals surface area contributed by atoms with E-state index in [0.717, 1.165) is 30.3 Å². The van der Waals surface area contributed by atoms with Crippen molar-refractivity contribution in [2.75, 3.05) is 27.3 Å². The molecule has 57 heavy (non-hydrogen) atoms. The summed E-state index contributed by atoms with van der Waals surface area (Å²) in [5.74, 6) is 0.982. The lowest BCUT2D eigenvalue weighted by molar-refractivity contribution is -0.136. The first kappa shape index (κ1) is 39.1. The van der Waals surface area contributed by atoms with Crippen molar-refractivity contribution >= 4 is 46.0 Å². The number of benzene rings is 2. The molecular formula is C41H48N8O8. The van der Waals surface area contributed by atoms with Gasteiger partial charge < -0.3 is 44.3 Å². The van der Waals surface area contributed by atoms with Crippen LogP contribution in [0.15, 0.2) is 57.9 Å². The lowest BCUT2D eigenvalue weighted by atomic mass is 10.0. The molecule has 0 saturated carbocycles. The zero-order valence-electron chi connectivity index (χ0n) is 32.9. The number of ether oxygens (including phenoxy) is 2. The summed E-state index contributed by atoms with van der Waals surface area (Å²) in [6, 6.07) is 10.3. The Balaban J connectivity index is 1.10. The van der Waals surface area contributed by atoms with E-state index in [2.05, 4.69) is 25.6 Å². The van der Waals surface area contributed by atoms with Crippen molar-refractivity contribution in [2.45, 2.75) is 77.5 Å². The van der Waals surface area contributed by atoms with Gasteiger partial charge in [0.1, 0.15) is 35.1 Å². The number of aromatic nitrogens is 4. The minimum Gasteiger partial charge on any atom is -0.456 e. The quantitative estimate of drug-likeness (QED) is 0.134. The van der Waals surface area contributed by atoms with Crippen molar-refractivity contribution in [1.82, 2.24) is 40.4 Å². The van der Waals surface area contributed by atoms with Gasteiger partial charge in [0.25, 0.3) is 0 Å². The summed E-state index contributed by atoms with van der Waals surface area (Å²) < 4.78 is 15.8. The van der Waals surface area contributed by atoms with E-state index in [1.54, 1.807) is 28.1 Å². The Hall–Kier alpha value is -6.19. The van der Waals surface area contributed by atoms with Gasteiger partial charge in [0.15, 0.2) is 5.43 Å². The van der Waals surface area contributed by atoms with Crippen molar-refractivity contribution < 1.29 is 33.1 Å². The molecule has 7 rings (SSSR count). The molecule has 4 atom stereocenters. The first-order valence-electron chi connectivity index (χ1n) is 19.3. The number of rotatable bonds is 10. The summed E-state index contributed by atoms with van der Waals surface area (Å²) in [5, 5.41) is 5.74. The molecule has 2 aliphatic heterocycles. The van der Waals surface area contributed by atoms with E-state index in [1.165, 1.54) is 20.3 Å². The number of carbonyl (C=O) groups is 4. The predicted octanol–water partition coefficient (Wildman–Crippen LogP) is 5.81. The minimum absolute atomic E-state index is 0.146. The van der Waals surface area contributed by atoms with Crippen LogP contribution in [-0.4, -0.2) is 93.1 Å². The average Bonchev–Trinajstić information content (AvgIpc) is 4.04. The van der Waals surface area contributed by atoms with Gasteiger partial charge in [0.2, 0.25) is 11.8 Å². The molecule has 3 aromatic heterocycles. The third-order valence-corrected chi connectivity index (χ3v) is 10.9.